The van der Waals surface area contributed by atoms with Crippen molar-refractivity contribution in [3.05, 3.63) is 90.5 Å². The maximum absolute atomic E-state index is 13.5. The van der Waals surface area contributed by atoms with Gasteiger partial charge < -0.3 is 4.74 Å². The summed E-state index contributed by atoms with van der Waals surface area (Å²) in [6.45, 7) is 2.51. The minimum absolute atomic E-state index is 0.251. The normalized spacial score (nSPS) is 22.7. The molecule has 2 saturated heterocycles. The third kappa shape index (κ3) is 3.25. The second kappa shape index (κ2) is 7.89. The van der Waals surface area contributed by atoms with Crippen LogP contribution in [-0.4, -0.2) is 24.5 Å². The first-order valence-corrected chi connectivity index (χ1v) is 10.4. The number of benzene rings is 3. The number of ether oxygens (including phenoxy) is 1. The van der Waals surface area contributed by atoms with E-state index in [0.717, 1.165) is 17.0 Å². The summed E-state index contributed by atoms with van der Waals surface area (Å²) in [5.74, 6) is -0.479. The van der Waals surface area contributed by atoms with Crippen molar-refractivity contribution in [2.24, 2.45) is 5.92 Å². The van der Waals surface area contributed by atoms with Gasteiger partial charge in [-0.05, 0) is 48.9 Å². The van der Waals surface area contributed by atoms with Gasteiger partial charge in [0.2, 0.25) is 5.91 Å². The number of carbonyl (C=O) groups excluding carboxylic acids is 2. The molecule has 5 rings (SSSR count). The maximum atomic E-state index is 13.5. The fraction of sp³-hybridized carbons (Fsp3) is 0.200. The maximum Gasteiger partial charge on any atom is 0.266 e. The monoisotopic (exact) mass is 414 g/mol. The van der Waals surface area contributed by atoms with Gasteiger partial charge in [0.25, 0.3) is 5.91 Å². The molecule has 2 heterocycles. The molecule has 3 aromatic rings. The Bertz CT molecular complexity index is 1090. The summed E-state index contributed by atoms with van der Waals surface area (Å²) in [6, 6.07) is 25.7. The SMILES string of the molecule is CCOc1ccc([C@@H]2[C@@H]3C(=O)N(c4ccccc4)C(=O)[C@@H]3ON2c2ccccc2)cc1. The molecule has 2 amide bonds. The molecule has 0 spiro atoms. The van der Waals surface area contributed by atoms with Gasteiger partial charge in [-0.1, -0.05) is 48.5 Å². The molecular formula is C25H22N2O4. The molecule has 0 saturated carbocycles. The zero-order valence-corrected chi connectivity index (χ0v) is 17.0. The fourth-order valence-corrected chi connectivity index (χ4v) is 4.31. The van der Waals surface area contributed by atoms with Gasteiger partial charge in [0.15, 0.2) is 6.10 Å². The van der Waals surface area contributed by atoms with Crippen molar-refractivity contribution in [1.29, 1.82) is 0 Å². The van der Waals surface area contributed by atoms with Crippen molar-refractivity contribution in [3.63, 3.8) is 0 Å². The van der Waals surface area contributed by atoms with Crippen LogP contribution >= 0.6 is 0 Å². The van der Waals surface area contributed by atoms with Gasteiger partial charge >= 0.3 is 0 Å². The van der Waals surface area contributed by atoms with E-state index in [1.807, 2.05) is 79.7 Å². The van der Waals surface area contributed by atoms with E-state index in [1.165, 1.54) is 4.90 Å². The highest BCUT2D eigenvalue weighted by molar-refractivity contribution is 6.23. The van der Waals surface area contributed by atoms with E-state index in [9.17, 15) is 9.59 Å². The van der Waals surface area contributed by atoms with E-state index in [0.29, 0.717) is 12.3 Å². The van der Waals surface area contributed by atoms with Crippen LogP contribution in [0.4, 0.5) is 11.4 Å². The lowest BCUT2D eigenvalue weighted by Gasteiger charge is -2.28. The van der Waals surface area contributed by atoms with Crippen molar-refractivity contribution in [2.75, 3.05) is 16.6 Å². The predicted molar refractivity (Wildman–Crippen MR) is 117 cm³/mol. The standard InChI is InChI=1S/C25H22N2O4/c1-2-30-20-15-13-17(14-16-20)22-21-23(31-27(22)19-11-7-4-8-12-19)25(29)26(24(21)28)18-9-5-3-6-10-18/h3-16,21-23H,2H2,1H3/t21-,22+,23+/m0/s1. The highest BCUT2D eigenvalue weighted by atomic mass is 16.7. The second-order valence-electron chi connectivity index (χ2n) is 7.51. The molecule has 0 aliphatic carbocycles. The topological polar surface area (TPSA) is 59.1 Å². The molecule has 0 bridgehead atoms. The molecule has 2 fully saturated rings. The first-order chi connectivity index (χ1) is 15.2. The Labute approximate surface area is 180 Å². The van der Waals surface area contributed by atoms with Gasteiger partial charge in [-0.15, -0.1) is 0 Å². The van der Waals surface area contributed by atoms with Crippen LogP contribution in [0.25, 0.3) is 0 Å². The average Bonchev–Trinajstić information content (AvgIpc) is 3.32. The number of amides is 2. The lowest BCUT2D eigenvalue weighted by Crippen LogP contribution is -2.37. The number of para-hydroxylation sites is 2. The van der Waals surface area contributed by atoms with Crippen LogP contribution in [0.3, 0.4) is 0 Å². The summed E-state index contributed by atoms with van der Waals surface area (Å²) in [5.41, 5.74) is 2.24. The highest BCUT2D eigenvalue weighted by Crippen LogP contribution is 2.47. The number of fused-ring (bicyclic) bond motifs is 1. The Morgan fingerprint density at radius 2 is 1.42 bits per heavy atom. The third-order valence-corrected chi connectivity index (χ3v) is 5.67. The van der Waals surface area contributed by atoms with E-state index in [1.54, 1.807) is 17.2 Å². The van der Waals surface area contributed by atoms with Crippen LogP contribution in [0.2, 0.25) is 0 Å². The summed E-state index contributed by atoms with van der Waals surface area (Å²) < 4.78 is 5.56. The summed E-state index contributed by atoms with van der Waals surface area (Å²) in [7, 11) is 0. The van der Waals surface area contributed by atoms with Crippen LogP contribution in [-0.2, 0) is 14.4 Å². The van der Waals surface area contributed by atoms with Crippen molar-refractivity contribution in [2.45, 2.75) is 19.1 Å². The number of carbonyl (C=O) groups is 2. The molecule has 3 aromatic carbocycles. The quantitative estimate of drug-likeness (QED) is 0.588. The number of anilines is 2. The number of hydroxylamine groups is 1. The summed E-state index contributed by atoms with van der Waals surface area (Å²) in [5, 5.41) is 1.70. The lowest BCUT2D eigenvalue weighted by atomic mass is 9.90. The van der Waals surface area contributed by atoms with Crippen molar-refractivity contribution >= 4 is 23.2 Å². The van der Waals surface area contributed by atoms with Gasteiger partial charge in [-0.2, -0.15) is 0 Å². The highest BCUT2D eigenvalue weighted by Gasteiger charge is 2.60. The zero-order valence-electron chi connectivity index (χ0n) is 17.0. The van der Waals surface area contributed by atoms with Crippen molar-refractivity contribution < 1.29 is 19.2 Å². The largest absolute Gasteiger partial charge is 0.494 e. The van der Waals surface area contributed by atoms with Crippen molar-refractivity contribution in [1.82, 2.24) is 0 Å². The molecule has 31 heavy (non-hydrogen) atoms. The van der Waals surface area contributed by atoms with Gasteiger partial charge in [0.1, 0.15) is 11.7 Å². The van der Waals surface area contributed by atoms with Crippen LogP contribution < -0.4 is 14.7 Å². The Balaban J connectivity index is 1.56. The van der Waals surface area contributed by atoms with Crippen LogP contribution in [0.15, 0.2) is 84.9 Å². The molecule has 0 radical (unpaired) electrons. The molecule has 0 unspecified atom stereocenters. The van der Waals surface area contributed by atoms with E-state index in [2.05, 4.69) is 0 Å². The van der Waals surface area contributed by atoms with Gasteiger partial charge in [0, 0.05) is 0 Å². The van der Waals surface area contributed by atoms with Crippen LogP contribution in [0.5, 0.6) is 5.75 Å². The number of hydrogen-bond donors (Lipinski definition) is 0. The Hall–Kier alpha value is -3.64. The fourth-order valence-electron chi connectivity index (χ4n) is 4.31. The summed E-state index contributed by atoms with van der Waals surface area (Å²) in [6.07, 6.45) is -0.871. The summed E-state index contributed by atoms with van der Waals surface area (Å²) >= 11 is 0. The predicted octanol–water partition coefficient (Wildman–Crippen LogP) is 4.14. The van der Waals surface area contributed by atoms with E-state index >= 15 is 0 Å². The molecule has 2 aliphatic heterocycles. The van der Waals surface area contributed by atoms with Gasteiger partial charge in [-0.3, -0.25) is 14.4 Å². The molecule has 6 heteroatoms. The minimum atomic E-state index is -0.871. The summed E-state index contributed by atoms with van der Waals surface area (Å²) in [4.78, 5) is 34.1. The number of imide groups is 1. The Morgan fingerprint density at radius 1 is 0.806 bits per heavy atom. The number of nitrogens with zero attached hydrogens (tertiary/aromatic N) is 2. The smallest absolute Gasteiger partial charge is 0.266 e. The Kier molecular flexibility index (Phi) is 4.92. The van der Waals surface area contributed by atoms with Crippen LogP contribution in [0.1, 0.15) is 18.5 Å². The number of rotatable bonds is 5. The zero-order chi connectivity index (χ0) is 21.4. The first kappa shape index (κ1) is 19.3. The van der Waals surface area contributed by atoms with Crippen molar-refractivity contribution in [3.8, 4) is 5.75 Å². The molecule has 3 atom stereocenters. The lowest BCUT2D eigenvalue weighted by molar-refractivity contribution is -0.126. The first-order valence-electron chi connectivity index (χ1n) is 10.4. The van der Waals surface area contributed by atoms with E-state index in [4.69, 9.17) is 9.57 Å². The molecule has 0 aromatic heterocycles. The number of hydrogen-bond acceptors (Lipinski definition) is 5. The molecule has 2 aliphatic rings. The minimum Gasteiger partial charge on any atom is -0.494 e. The molecule has 0 N–H and O–H groups in total. The van der Waals surface area contributed by atoms with Crippen LogP contribution in [0, 0.1) is 5.92 Å². The molecule has 6 nitrogen and oxygen atoms in total. The molecular weight excluding hydrogens is 392 g/mol. The third-order valence-electron chi connectivity index (χ3n) is 5.67. The Morgan fingerprint density at radius 3 is 2.03 bits per heavy atom. The second-order valence-corrected chi connectivity index (χ2v) is 7.51. The van der Waals surface area contributed by atoms with Gasteiger partial charge in [0.05, 0.1) is 24.0 Å². The average molecular weight is 414 g/mol. The van der Waals surface area contributed by atoms with E-state index < -0.39 is 18.1 Å². The van der Waals surface area contributed by atoms with Gasteiger partial charge in [-0.25, -0.2) is 9.96 Å². The van der Waals surface area contributed by atoms with E-state index in [-0.39, 0.29) is 11.8 Å². The molecule has 156 valence electrons.